The third kappa shape index (κ3) is 5.40. The number of hydrogen-bond donors (Lipinski definition) is 5. The van der Waals surface area contributed by atoms with Crippen molar-refractivity contribution in [3.63, 3.8) is 0 Å². The van der Waals surface area contributed by atoms with Gasteiger partial charge in [-0.1, -0.05) is 12.1 Å². The summed E-state index contributed by atoms with van der Waals surface area (Å²) in [6.07, 6.45) is -4.44. The molecule has 7 rings (SSSR count). The van der Waals surface area contributed by atoms with Gasteiger partial charge in [0, 0.05) is 68.7 Å². The van der Waals surface area contributed by atoms with Crippen LogP contribution in [0.1, 0.15) is 68.8 Å². The van der Waals surface area contributed by atoms with Crippen LogP contribution < -0.4 is 15.4 Å². The second-order valence-corrected chi connectivity index (χ2v) is 13.1. The first-order chi connectivity index (χ1) is 23.5. The first-order valence-electron chi connectivity index (χ1n) is 16.4. The van der Waals surface area contributed by atoms with Gasteiger partial charge in [-0.25, -0.2) is 0 Å². The van der Waals surface area contributed by atoms with E-state index in [4.69, 9.17) is 28.4 Å². The van der Waals surface area contributed by atoms with Crippen LogP contribution >= 0.6 is 0 Å². The molecule has 0 saturated carbocycles. The van der Waals surface area contributed by atoms with Gasteiger partial charge in [-0.2, -0.15) is 0 Å². The van der Waals surface area contributed by atoms with E-state index < -0.39 is 83.1 Å². The molecule has 3 heterocycles. The van der Waals surface area contributed by atoms with Gasteiger partial charge in [0.1, 0.15) is 29.0 Å². The van der Waals surface area contributed by atoms with E-state index in [1.165, 1.54) is 19.2 Å². The average Bonchev–Trinajstić information content (AvgIpc) is 3.47. The van der Waals surface area contributed by atoms with Gasteiger partial charge >= 0.3 is 0 Å². The Labute approximate surface area is 282 Å². The second kappa shape index (κ2) is 12.9. The molecule has 2 aliphatic carbocycles. The summed E-state index contributed by atoms with van der Waals surface area (Å²) in [5, 5.41) is 41.1. The average molecular weight is 684 g/mol. The van der Waals surface area contributed by atoms with Crippen molar-refractivity contribution in [1.29, 1.82) is 0 Å². The summed E-state index contributed by atoms with van der Waals surface area (Å²) < 4.78 is 35.7. The largest absolute Gasteiger partial charge is 0.507 e. The quantitative estimate of drug-likeness (QED) is 0.163. The van der Waals surface area contributed by atoms with Crippen molar-refractivity contribution in [2.45, 2.75) is 74.9 Å². The van der Waals surface area contributed by atoms with Crippen LogP contribution in [-0.4, -0.2) is 128 Å². The van der Waals surface area contributed by atoms with Gasteiger partial charge in [0.15, 0.2) is 24.6 Å². The molecule has 0 radical (unpaired) electrons. The summed E-state index contributed by atoms with van der Waals surface area (Å²) in [4.78, 5) is 43.5. The van der Waals surface area contributed by atoms with Crippen molar-refractivity contribution in [3.8, 4) is 17.2 Å². The molecular formula is C34H41N3O12. The lowest BCUT2D eigenvalue weighted by molar-refractivity contribution is -0.256. The molecule has 2 aromatic carbocycles. The van der Waals surface area contributed by atoms with E-state index in [1.54, 1.807) is 20.2 Å². The van der Waals surface area contributed by atoms with Gasteiger partial charge in [0.25, 0.3) is 5.91 Å². The highest BCUT2D eigenvalue weighted by Crippen LogP contribution is 2.53. The lowest BCUT2D eigenvalue weighted by Crippen LogP contribution is -2.55. The molecule has 264 valence electrons. The van der Waals surface area contributed by atoms with Crippen LogP contribution in [-0.2, 0) is 34.9 Å². The van der Waals surface area contributed by atoms with E-state index >= 15 is 0 Å². The van der Waals surface area contributed by atoms with E-state index in [-0.39, 0.29) is 53.1 Å². The number of phenols is 2. The summed E-state index contributed by atoms with van der Waals surface area (Å²) in [7, 11) is 4.63. The SMILES string of the molecule is CNCCNC(=O)[C@]1(O)Cc2c(O)c3c(c(O)c2[C@@H](O[C@H]2C[C@H]4[C@H](O[C@@H]5[C@@H](OC)OCCN54)[C@H](C)O2)C1)C(=O)c1c(OC)cccc1C3=O. The van der Waals surface area contributed by atoms with Crippen molar-refractivity contribution in [1.82, 2.24) is 15.5 Å². The number of hydrogen-bond acceptors (Lipinski definition) is 14. The maximum Gasteiger partial charge on any atom is 0.252 e. The molecule has 3 fully saturated rings. The zero-order chi connectivity index (χ0) is 34.8. The topological polar surface area (TPSA) is 195 Å². The molecule has 5 N–H and O–H groups in total. The minimum Gasteiger partial charge on any atom is -0.507 e. The van der Waals surface area contributed by atoms with Crippen LogP contribution in [0.25, 0.3) is 0 Å². The number of ketones is 2. The third-order valence-electron chi connectivity index (χ3n) is 10.3. The standard InChI is InChI=1S/C34H41N3O12/c1-15-30-18(37-10-11-46-32(45-4)31(37)49-30)12-21(47-15)48-20-14-34(43,33(42)36-9-8-35-2)13-17-23(20)29(41)25-24(27(17)39)26(38)16-6-5-7-19(44-3)22(16)28(25)40/h5-7,15,18,20-21,30-32,35,39,41,43H,8-14H2,1-4H3,(H,36,42)/t15-,18-,20-,21-,30+,31+,32-,34-/m0/s1. The van der Waals surface area contributed by atoms with Crippen LogP contribution in [0, 0.1) is 0 Å². The molecule has 15 nitrogen and oxygen atoms in total. The number of nitrogens with one attached hydrogen (secondary N) is 2. The molecule has 0 spiro atoms. The van der Waals surface area contributed by atoms with Crippen LogP contribution in [0.2, 0.25) is 0 Å². The van der Waals surface area contributed by atoms with E-state index in [0.29, 0.717) is 26.1 Å². The summed E-state index contributed by atoms with van der Waals surface area (Å²) in [5.74, 6) is -3.22. The number of morpholine rings is 1. The van der Waals surface area contributed by atoms with E-state index in [9.17, 15) is 29.7 Å². The Morgan fingerprint density at radius 1 is 1.08 bits per heavy atom. The Balaban J connectivity index is 1.29. The number of benzene rings is 2. The molecular weight excluding hydrogens is 642 g/mol. The smallest absolute Gasteiger partial charge is 0.252 e. The molecule has 2 aromatic rings. The number of fused-ring (bicyclic) bond motifs is 6. The zero-order valence-corrected chi connectivity index (χ0v) is 27.7. The van der Waals surface area contributed by atoms with Crippen molar-refractivity contribution < 1.29 is 58.1 Å². The lowest BCUT2D eigenvalue weighted by Gasteiger charge is -2.43. The molecule has 0 unspecified atom stereocenters. The Hall–Kier alpha value is -3.67. The first kappa shape index (κ1) is 33.8. The Morgan fingerprint density at radius 3 is 2.59 bits per heavy atom. The predicted octanol–water partition coefficient (Wildman–Crippen LogP) is 0.486. The maximum atomic E-state index is 14.0. The molecule has 3 saturated heterocycles. The van der Waals surface area contributed by atoms with Crippen molar-refractivity contribution in [2.24, 2.45) is 0 Å². The fourth-order valence-electron chi connectivity index (χ4n) is 7.97. The second-order valence-electron chi connectivity index (χ2n) is 13.1. The highest BCUT2D eigenvalue weighted by Gasteiger charge is 2.55. The number of aliphatic hydroxyl groups is 1. The molecule has 0 aromatic heterocycles. The molecule has 3 aliphatic heterocycles. The van der Waals surface area contributed by atoms with Crippen molar-refractivity contribution in [3.05, 3.63) is 51.6 Å². The Kier molecular flexibility index (Phi) is 8.90. The number of methoxy groups -OCH3 is 2. The summed E-state index contributed by atoms with van der Waals surface area (Å²) in [6, 6.07) is 4.35. The van der Waals surface area contributed by atoms with Crippen LogP contribution in [0.4, 0.5) is 0 Å². The highest BCUT2D eigenvalue weighted by molar-refractivity contribution is 6.31. The van der Waals surface area contributed by atoms with E-state index in [2.05, 4.69) is 15.5 Å². The molecule has 15 heteroatoms. The number of aromatic hydroxyl groups is 2. The number of phenolic OH excluding ortho intramolecular Hbond substituents is 2. The van der Waals surface area contributed by atoms with Gasteiger partial charge in [0.05, 0.1) is 42.6 Å². The highest BCUT2D eigenvalue weighted by atomic mass is 16.7. The normalized spacial score (nSPS) is 32.1. The number of nitrogens with zero attached hydrogens (tertiary/aromatic N) is 1. The molecule has 8 atom stereocenters. The number of carbonyl (C=O) groups is 3. The van der Waals surface area contributed by atoms with Gasteiger partial charge in [-0.15, -0.1) is 0 Å². The Morgan fingerprint density at radius 2 is 1.86 bits per heavy atom. The first-order valence-corrected chi connectivity index (χ1v) is 16.4. The van der Waals surface area contributed by atoms with Gasteiger partial charge in [-0.05, 0) is 20.0 Å². The van der Waals surface area contributed by atoms with Crippen molar-refractivity contribution >= 4 is 17.5 Å². The summed E-state index contributed by atoms with van der Waals surface area (Å²) in [6.45, 7) is 3.52. The van der Waals surface area contributed by atoms with Gasteiger partial charge in [-0.3, -0.25) is 19.3 Å². The lowest BCUT2D eigenvalue weighted by atomic mass is 9.72. The minimum atomic E-state index is -2.12. The molecule has 0 bridgehead atoms. The molecule has 5 aliphatic rings. The van der Waals surface area contributed by atoms with E-state index in [0.717, 1.165) is 0 Å². The Bertz CT molecular complexity index is 1680. The number of carbonyl (C=O) groups excluding carboxylic acids is 3. The zero-order valence-electron chi connectivity index (χ0n) is 27.7. The van der Waals surface area contributed by atoms with Crippen LogP contribution in [0.3, 0.4) is 0 Å². The van der Waals surface area contributed by atoms with Crippen LogP contribution in [0.5, 0.6) is 17.2 Å². The number of likely N-dealkylation sites (N-methyl/N-ethyl adjacent to an activating group) is 1. The molecule has 49 heavy (non-hydrogen) atoms. The fourth-order valence-corrected chi connectivity index (χ4v) is 7.97. The van der Waals surface area contributed by atoms with Crippen molar-refractivity contribution in [2.75, 3.05) is 47.5 Å². The summed E-state index contributed by atoms with van der Waals surface area (Å²) in [5.41, 5.74) is -3.07. The molecule has 1 amide bonds. The monoisotopic (exact) mass is 683 g/mol. The fraction of sp³-hybridized carbons (Fsp3) is 0.559. The van der Waals surface area contributed by atoms with Gasteiger partial charge < -0.3 is 54.4 Å². The minimum absolute atomic E-state index is 0.00630. The van der Waals surface area contributed by atoms with Gasteiger partial charge in [0.2, 0.25) is 5.78 Å². The summed E-state index contributed by atoms with van der Waals surface area (Å²) >= 11 is 0. The third-order valence-corrected chi connectivity index (χ3v) is 10.3. The number of rotatable bonds is 8. The van der Waals surface area contributed by atoms with E-state index in [1.807, 2.05) is 6.92 Å². The predicted molar refractivity (Wildman–Crippen MR) is 169 cm³/mol. The maximum absolute atomic E-state index is 14.0. The van der Waals surface area contributed by atoms with Crippen LogP contribution in [0.15, 0.2) is 18.2 Å². The number of amides is 1. The number of ether oxygens (including phenoxy) is 6.